The van der Waals surface area contributed by atoms with Gasteiger partial charge < -0.3 is 4.74 Å². The lowest BCUT2D eigenvalue weighted by molar-refractivity contribution is -0.0531. The maximum absolute atomic E-state index is 5.37. The lowest BCUT2D eigenvalue weighted by atomic mass is 10.0. The molecule has 1 fully saturated rings. The average molecular weight is 149 g/mol. The molecule has 0 aliphatic carbocycles. The van der Waals surface area contributed by atoms with E-state index in [-0.39, 0.29) is 0 Å². The molecule has 1 aliphatic heterocycles. The van der Waals surface area contributed by atoms with Crippen LogP contribution in [0.2, 0.25) is 0 Å². The smallest absolute Gasteiger partial charge is 0.0850 e. The van der Waals surface area contributed by atoms with Gasteiger partial charge >= 0.3 is 0 Å². The Labute approximate surface area is 66.2 Å². The third-order valence-electron chi connectivity index (χ3n) is 2.11. The van der Waals surface area contributed by atoms with Crippen LogP contribution < -0.4 is 0 Å². The van der Waals surface area contributed by atoms with Crippen LogP contribution in [0, 0.1) is 6.92 Å². The number of aryl methyl sites for hydroxylation is 1. The number of hydrogen-bond donors (Lipinski definition) is 0. The minimum absolute atomic E-state index is 0.345. The monoisotopic (exact) mass is 149 g/mol. The molecule has 1 atom stereocenters. The van der Waals surface area contributed by atoms with Gasteiger partial charge in [0.25, 0.3) is 0 Å². The molecule has 0 spiro atoms. The van der Waals surface area contributed by atoms with Gasteiger partial charge in [-0.05, 0) is 24.1 Å². The fourth-order valence-electron chi connectivity index (χ4n) is 1.33. The summed E-state index contributed by atoms with van der Waals surface area (Å²) in [5, 5.41) is 0. The standard InChI is InChI=1S/C9H11NO/c1-7-6-10-4-2-8(7)9-3-5-11-9/h2,4,6,9H,3,5H2,1H3. The van der Waals surface area contributed by atoms with Crippen LogP contribution in [0.15, 0.2) is 18.5 Å². The number of hydrogen-bond acceptors (Lipinski definition) is 2. The van der Waals surface area contributed by atoms with Crippen LogP contribution in [0.3, 0.4) is 0 Å². The van der Waals surface area contributed by atoms with E-state index >= 15 is 0 Å². The molecular formula is C9H11NO. The lowest BCUT2D eigenvalue weighted by Crippen LogP contribution is -2.19. The summed E-state index contributed by atoms with van der Waals surface area (Å²) in [6, 6.07) is 2.04. The van der Waals surface area contributed by atoms with Crippen molar-refractivity contribution in [1.29, 1.82) is 0 Å². The summed E-state index contributed by atoms with van der Waals surface area (Å²) >= 11 is 0. The molecule has 1 aromatic heterocycles. The van der Waals surface area contributed by atoms with Crippen molar-refractivity contribution in [3.63, 3.8) is 0 Å². The summed E-state index contributed by atoms with van der Waals surface area (Å²) in [6.07, 6.45) is 5.21. The predicted molar refractivity (Wildman–Crippen MR) is 42.3 cm³/mol. The Bertz CT molecular complexity index is 255. The largest absolute Gasteiger partial charge is 0.373 e. The van der Waals surface area contributed by atoms with E-state index in [0.29, 0.717) is 6.10 Å². The van der Waals surface area contributed by atoms with Crippen LogP contribution in [0.25, 0.3) is 0 Å². The van der Waals surface area contributed by atoms with E-state index in [0.717, 1.165) is 13.0 Å². The summed E-state index contributed by atoms with van der Waals surface area (Å²) in [7, 11) is 0. The van der Waals surface area contributed by atoms with Crippen molar-refractivity contribution in [1.82, 2.24) is 4.98 Å². The molecule has 0 saturated carbocycles. The quantitative estimate of drug-likeness (QED) is 0.608. The van der Waals surface area contributed by atoms with Crippen LogP contribution in [-0.2, 0) is 4.74 Å². The first-order valence-electron chi connectivity index (χ1n) is 3.90. The van der Waals surface area contributed by atoms with Gasteiger partial charge in [0.1, 0.15) is 0 Å². The summed E-state index contributed by atoms with van der Waals surface area (Å²) in [4.78, 5) is 4.03. The van der Waals surface area contributed by atoms with E-state index in [1.54, 1.807) is 0 Å². The molecule has 0 radical (unpaired) electrons. The van der Waals surface area contributed by atoms with Crippen molar-refractivity contribution >= 4 is 0 Å². The Hall–Kier alpha value is -0.890. The first-order valence-corrected chi connectivity index (χ1v) is 3.90. The van der Waals surface area contributed by atoms with Gasteiger partial charge in [-0.1, -0.05) is 0 Å². The SMILES string of the molecule is Cc1cnccc1C1CCO1. The third-order valence-corrected chi connectivity index (χ3v) is 2.11. The summed E-state index contributed by atoms with van der Waals surface area (Å²) in [5.74, 6) is 0. The molecule has 1 aliphatic rings. The van der Waals surface area contributed by atoms with Crippen molar-refractivity contribution in [2.24, 2.45) is 0 Å². The zero-order valence-corrected chi connectivity index (χ0v) is 6.58. The van der Waals surface area contributed by atoms with E-state index < -0.39 is 0 Å². The molecule has 2 rings (SSSR count). The molecule has 11 heavy (non-hydrogen) atoms. The van der Waals surface area contributed by atoms with Gasteiger partial charge in [0.15, 0.2) is 0 Å². The number of rotatable bonds is 1. The average Bonchev–Trinajstić information content (AvgIpc) is 1.90. The van der Waals surface area contributed by atoms with Gasteiger partial charge in [0.05, 0.1) is 12.7 Å². The molecule has 0 bridgehead atoms. The van der Waals surface area contributed by atoms with Crippen molar-refractivity contribution in [2.75, 3.05) is 6.61 Å². The maximum atomic E-state index is 5.37. The van der Waals surface area contributed by atoms with E-state index in [2.05, 4.69) is 11.9 Å². The topological polar surface area (TPSA) is 22.1 Å². The second-order valence-electron chi connectivity index (χ2n) is 2.88. The van der Waals surface area contributed by atoms with Crippen LogP contribution in [0.5, 0.6) is 0 Å². The molecule has 58 valence electrons. The molecule has 2 nitrogen and oxygen atoms in total. The molecule has 0 aromatic carbocycles. The van der Waals surface area contributed by atoms with Crippen LogP contribution in [0.4, 0.5) is 0 Å². The Morgan fingerprint density at radius 1 is 1.64 bits per heavy atom. The van der Waals surface area contributed by atoms with Crippen molar-refractivity contribution in [3.8, 4) is 0 Å². The zero-order chi connectivity index (χ0) is 7.68. The first kappa shape index (κ1) is 6.80. The number of pyridine rings is 1. The molecular weight excluding hydrogens is 138 g/mol. The van der Waals surface area contributed by atoms with E-state index in [4.69, 9.17) is 4.74 Å². The molecule has 0 N–H and O–H groups in total. The highest BCUT2D eigenvalue weighted by Crippen LogP contribution is 2.30. The maximum Gasteiger partial charge on any atom is 0.0850 e. The van der Waals surface area contributed by atoms with Gasteiger partial charge in [-0.25, -0.2) is 0 Å². The third kappa shape index (κ3) is 1.14. The Morgan fingerprint density at radius 2 is 2.45 bits per heavy atom. The van der Waals surface area contributed by atoms with E-state index in [1.807, 2.05) is 18.5 Å². The molecule has 1 aromatic rings. The molecule has 1 saturated heterocycles. The molecule has 2 heteroatoms. The van der Waals surface area contributed by atoms with Crippen LogP contribution in [-0.4, -0.2) is 11.6 Å². The Kier molecular flexibility index (Phi) is 1.62. The minimum Gasteiger partial charge on any atom is -0.373 e. The fourth-order valence-corrected chi connectivity index (χ4v) is 1.33. The van der Waals surface area contributed by atoms with Crippen LogP contribution in [0.1, 0.15) is 23.7 Å². The predicted octanol–water partition coefficient (Wildman–Crippen LogP) is 1.85. The fraction of sp³-hybridized carbons (Fsp3) is 0.444. The second-order valence-corrected chi connectivity index (χ2v) is 2.88. The van der Waals surface area contributed by atoms with Crippen molar-refractivity contribution in [3.05, 3.63) is 29.6 Å². The van der Waals surface area contributed by atoms with Gasteiger partial charge in [-0.15, -0.1) is 0 Å². The summed E-state index contributed by atoms with van der Waals surface area (Å²) in [5.41, 5.74) is 2.53. The highest BCUT2D eigenvalue weighted by Gasteiger charge is 2.21. The molecule has 2 heterocycles. The highest BCUT2D eigenvalue weighted by atomic mass is 16.5. The molecule has 1 unspecified atom stereocenters. The van der Waals surface area contributed by atoms with Gasteiger partial charge in [-0.2, -0.15) is 0 Å². The zero-order valence-electron chi connectivity index (χ0n) is 6.58. The first-order chi connectivity index (χ1) is 5.38. The summed E-state index contributed by atoms with van der Waals surface area (Å²) in [6.45, 7) is 2.98. The Balaban J connectivity index is 2.28. The highest BCUT2D eigenvalue weighted by molar-refractivity contribution is 5.24. The van der Waals surface area contributed by atoms with Gasteiger partial charge in [0.2, 0.25) is 0 Å². The van der Waals surface area contributed by atoms with Crippen molar-refractivity contribution < 1.29 is 4.74 Å². The van der Waals surface area contributed by atoms with Crippen molar-refractivity contribution in [2.45, 2.75) is 19.4 Å². The second kappa shape index (κ2) is 2.62. The van der Waals surface area contributed by atoms with Gasteiger partial charge in [-0.3, -0.25) is 4.98 Å². The van der Waals surface area contributed by atoms with E-state index in [9.17, 15) is 0 Å². The van der Waals surface area contributed by atoms with Crippen LogP contribution >= 0.6 is 0 Å². The summed E-state index contributed by atoms with van der Waals surface area (Å²) < 4.78 is 5.37. The molecule has 0 amide bonds. The number of ether oxygens (including phenoxy) is 1. The lowest BCUT2D eigenvalue weighted by Gasteiger charge is -2.27. The van der Waals surface area contributed by atoms with Gasteiger partial charge in [0, 0.05) is 18.8 Å². The minimum atomic E-state index is 0.345. The number of nitrogens with zero attached hydrogens (tertiary/aromatic N) is 1. The normalized spacial score (nSPS) is 22.8. The Morgan fingerprint density at radius 3 is 3.00 bits per heavy atom. The van der Waals surface area contributed by atoms with E-state index in [1.165, 1.54) is 11.1 Å². The number of aromatic nitrogens is 1.